The van der Waals surface area contributed by atoms with Crippen molar-refractivity contribution in [3.63, 3.8) is 0 Å². The Morgan fingerprint density at radius 3 is 2.88 bits per heavy atom. The molecule has 17 heavy (non-hydrogen) atoms. The number of nitrogens with zero attached hydrogens (tertiary/aromatic N) is 1. The molecule has 1 amide bonds. The van der Waals surface area contributed by atoms with Crippen LogP contribution in [0, 0.1) is 0 Å². The summed E-state index contributed by atoms with van der Waals surface area (Å²) in [5.41, 5.74) is 5.82. The Bertz CT molecular complexity index is 525. The zero-order chi connectivity index (χ0) is 12.3. The number of hydrogen-bond acceptors (Lipinski definition) is 5. The summed E-state index contributed by atoms with van der Waals surface area (Å²) in [6.45, 7) is 0. The minimum atomic E-state index is -0.418. The highest BCUT2D eigenvalue weighted by Gasteiger charge is 2.13. The maximum atomic E-state index is 11.2. The Hall–Kier alpha value is -1.53. The van der Waals surface area contributed by atoms with Gasteiger partial charge in [-0.1, -0.05) is 17.8 Å². The van der Waals surface area contributed by atoms with Gasteiger partial charge in [-0.25, -0.2) is 4.98 Å². The van der Waals surface area contributed by atoms with Crippen LogP contribution in [0.15, 0.2) is 39.7 Å². The number of aromatic nitrogens is 1. The molecule has 4 nitrogen and oxygen atoms in total. The molecule has 3 N–H and O–H groups in total. The van der Waals surface area contributed by atoms with Gasteiger partial charge in [0.15, 0.2) is 0 Å². The number of amides is 1. The van der Waals surface area contributed by atoms with Crippen LogP contribution in [0.2, 0.25) is 0 Å². The fourth-order valence-electron chi connectivity index (χ4n) is 1.30. The quantitative estimate of drug-likeness (QED) is 0.891. The van der Waals surface area contributed by atoms with Gasteiger partial charge in [0.05, 0.1) is 9.77 Å². The lowest BCUT2D eigenvalue weighted by atomic mass is 10.3. The van der Waals surface area contributed by atoms with Gasteiger partial charge >= 0.3 is 0 Å². The lowest BCUT2D eigenvalue weighted by Gasteiger charge is -1.96. The van der Waals surface area contributed by atoms with Crippen molar-refractivity contribution in [2.75, 3.05) is 12.4 Å². The van der Waals surface area contributed by atoms with Crippen LogP contribution in [0.1, 0.15) is 10.4 Å². The molecule has 6 heteroatoms. The van der Waals surface area contributed by atoms with Crippen LogP contribution >= 0.6 is 23.1 Å². The molecule has 2 heterocycles. The molecule has 2 aromatic heterocycles. The molecule has 0 aliphatic heterocycles. The van der Waals surface area contributed by atoms with Gasteiger partial charge in [-0.15, -0.1) is 11.3 Å². The van der Waals surface area contributed by atoms with E-state index in [0.717, 1.165) is 14.2 Å². The number of thiophene rings is 1. The number of hydrogen-bond donors (Lipinski definition) is 2. The Balaban J connectivity index is 2.26. The summed E-state index contributed by atoms with van der Waals surface area (Å²) in [7, 11) is 1.77. The van der Waals surface area contributed by atoms with E-state index in [1.807, 2.05) is 18.2 Å². The average Bonchev–Trinajstić information content (AvgIpc) is 2.73. The predicted molar refractivity (Wildman–Crippen MR) is 70.7 cm³/mol. The number of rotatable bonds is 4. The van der Waals surface area contributed by atoms with E-state index in [0.29, 0.717) is 5.56 Å². The van der Waals surface area contributed by atoms with Gasteiger partial charge in [0, 0.05) is 13.2 Å². The summed E-state index contributed by atoms with van der Waals surface area (Å²) < 4.78 is 0.988. The number of anilines is 1. The predicted octanol–water partition coefficient (Wildman–Crippen LogP) is 2.43. The van der Waals surface area contributed by atoms with Crippen LogP contribution in [0.3, 0.4) is 0 Å². The van der Waals surface area contributed by atoms with Crippen molar-refractivity contribution >= 4 is 34.0 Å². The third-order valence-electron chi connectivity index (χ3n) is 2.04. The molecule has 88 valence electrons. The summed E-state index contributed by atoms with van der Waals surface area (Å²) >= 11 is 3.01. The molecule has 0 spiro atoms. The zero-order valence-electron chi connectivity index (χ0n) is 9.14. The van der Waals surface area contributed by atoms with Crippen molar-refractivity contribution in [2.45, 2.75) is 9.24 Å². The zero-order valence-corrected chi connectivity index (χ0v) is 10.8. The fraction of sp³-hybridized carbons (Fsp3) is 0.0909. The standard InChI is InChI=1S/C11H11N3OS2/c1-13-11-7(10(12)15)6-9(17-11)16-8-4-2-3-5-14-8/h2-6,13H,1H3,(H2,12,15). The van der Waals surface area contributed by atoms with Crippen molar-refractivity contribution in [3.8, 4) is 0 Å². The van der Waals surface area contributed by atoms with Gasteiger partial charge < -0.3 is 11.1 Å². The number of nitrogens with two attached hydrogens (primary N) is 1. The van der Waals surface area contributed by atoms with E-state index in [1.165, 1.54) is 23.1 Å². The first-order chi connectivity index (χ1) is 8.20. The Kier molecular flexibility index (Phi) is 3.65. The molecule has 0 radical (unpaired) electrons. The highest BCUT2D eigenvalue weighted by atomic mass is 32.2. The molecule has 2 rings (SSSR count). The van der Waals surface area contributed by atoms with E-state index >= 15 is 0 Å². The summed E-state index contributed by atoms with van der Waals surface area (Å²) in [6.07, 6.45) is 1.74. The van der Waals surface area contributed by atoms with Gasteiger partial charge in [0.1, 0.15) is 10.0 Å². The lowest BCUT2D eigenvalue weighted by molar-refractivity contribution is 0.100. The minimum Gasteiger partial charge on any atom is -0.379 e. The van der Waals surface area contributed by atoms with Crippen LogP contribution in [0.4, 0.5) is 5.00 Å². The van der Waals surface area contributed by atoms with Crippen molar-refractivity contribution in [2.24, 2.45) is 5.73 Å². The van der Waals surface area contributed by atoms with E-state index in [1.54, 1.807) is 19.3 Å². The van der Waals surface area contributed by atoms with Gasteiger partial charge in [-0.05, 0) is 18.2 Å². The summed E-state index contributed by atoms with van der Waals surface area (Å²) in [5.74, 6) is -0.418. The third kappa shape index (κ3) is 2.78. The van der Waals surface area contributed by atoms with Gasteiger partial charge in [0.2, 0.25) is 0 Å². The van der Waals surface area contributed by atoms with Crippen LogP contribution in [0.5, 0.6) is 0 Å². The molecule has 2 aromatic rings. The minimum absolute atomic E-state index is 0.418. The molecule has 0 aliphatic carbocycles. The number of nitrogens with one attached hydrogen (secondary N) is 1. The first-order valence-corrected chi connectivity index (χ1v) is 6.54. The molecule has 0 saturated carbocycles. The summed E-state index contributed by atoms with van der Waals surface area (Å²) in [5, 5.41) is 4.65. The van der Waals surface area contributed by atoms with Crippen LogP contribution in [0.25, 0.3) is 0 Å². The van der Waals surface area contributed by atoms with E-state index in [2.05, 4.69) is 10.3 Å². The van der Waals surface area contributed by atoms with Crippen molar-refractivity contribution in [1.29, 1.82) is 0 Å². The van der Waals surface area contributed by atoms with E-state index in [4.69, 9.17) is 5.73 Å². The van der Waals surface area contributed by atoms with Crippen LogP contribution < -0.4 is 11.1 Å². The lowest BCUT2D eigenvalue weighted by Crippen LogP contribution is -2.11. The molecule has 0 fully saturated rings. The Morgan fingerprint density at radius 1 is 1.53 bits per heavy atom. The second-order valence-electron chi connectivity index (χ2n) is 3.19. The van der Waals surface area contributed by atoms with E-state index in [9.17, 15) is 4.79 Å². The first kappa shape index (κ1) is 11.9. The monoisotopic (exact) mass is 265 g/mol. The molecule has 0 aliphatic rings. The molecule has 0 atom stereocenters. The fourth-order valence-corrected chi connectivity index (χ4v) is 3.36. The maximum absolute atomic E-state index is 11.2. The van der Waals surface area contributed by atoms with Crippen molar-refractivity contribution in [3.05, 3.63) is 36.0 Å². The summed E-state index contributed by atoms with van der Waals surface area (Å²) in [4.78, 5) is 15.4. The van der Waals surface area contributed by atoms with Crippen molar-refractivity contribution < 1.29 is 4.79 Å². The second kappa shape index (κ2) is 5.20. The maximum Gasteiger partial charge on any atom is 0.251 e. The summed E-state index contributed by atoms with van der Waals surface area (Å²) in [6, 6.07) is 7.51. The SMILES string of the molecule is CNc1sc(Sc2ccccn2)cc1C(N)=O. The highest BCUT2D eigenvalue weighted by Crippen LogP contribution is 2.37. The topological polar surface area (TPSA) is 68.0 Å². The van der Waals surface area contributed by atoms with Gasteiger partial charge in [-0.3, -0.25) is 4.79 Å². The molecule has 0 bridgehead atoms. The van der Waals surface area contributed by atoms with E-state index in [-0.39, 0.29) is 0 Å². The molecular formula is C11H11N3OS2. The van der Waals surface area contributed by atoms with Gasteiger partial charge in [0.25, 0.3) is 5.91 Å². The molecule has 0 saturated heterocycles. The van der Waals surface area contributed by atoms with Crippen LogP contribution in [-0.2, 0) is 0 Å². The molecule has 0 unspecified atom stereocenters. The average molecular weight is 265 g/mol. The second-order valence-corrected chi connectivity index (χ2v) is 5.57. The number of carbonyl (C=O) groups is 1. The smallest absolute Gasteiger partial charge is 0.251 e. The number of primary amides is 1. The normalized spacial score (nSPS) is 10.2. The molecule has 0 aromatic carbocycles. The number of carbonyl (C=O) groups excluding carboxylic acids is 1. The van der Waals surface area contributed by atoms with E-state index < -0.39 is 5.91 Å². The molecular weight excluding hydrogens is 254 g/mol. The Morgan fingerprint density at radius 2 is 2.35 bits per heavy atom. The van der Waals surface area contributed by atoms with Crippen molar-refractivity contribution in [1.82, 2.24) is 4.98 Å². The first-order valence-electron chi connectivity index (χ1n) is 4.91. The van der Waals surface area contributed by atoms with Gasteiger partial charge in [-0.2, -0.15) is 0 Å². The number of pyridine rings is 1. The largest absolute Gasteiger partial charge is 0.379 e. The Labute approximate surface area is 107 Å². The van der Waals surface area contributed by atoms with Crippen LogP contribution in [-0.4, -0.2) is 17.9 Å². The highest BCUT2D eigenvalue weighted by molar-refractivity contribution is 8.01. The third-order valence-corrected chi connectivity index (χ3v) is 4.26.